The van der Waals surface area contributed by atoms with Crippen LogP contribution < -0.4 is 10.1 Å². The van der Waals surface area contributed by atoms with Crippen LogP contribution in [0.5, 0.6) is 5.88 Å². The third-order valence-electron chi connectivity index (χ3n) is 5.11. The van der Waals surface area contributed by atoms with Crippen molar-refractivity contribution in [1.82, 2.24) is 19.4 Å². The number of hydrogen-bond acceptors (Lipinski definition) is 6. The third-order valence-corrected chi connectivity index (χ3v) is 5.94. The first-order chi connectivity index (χ1) is 14.0. The molecule has 3 aromatic heterocycles. The quantitative estimate of drug-likeness (QED) is 0.587. The fourth-order valence-corrected chi connectivity index (χ4v) is 4.14. The van der Waals surface area contributed by atoms with Gasteiger partial charge in [0, 0.05) is 35.9 Å². The number of aromatic nitrogens is 3. The van der Waals surface area contributed by atoms with E-state index in [0.29, 0.717) is 24.3 Å². The highest BCUT2D eigenvalue weighted by Gasteiger charge is 2.31. The zero-order valence-corrected chi connectivity index (χ0v) is 17.7. The molecule has 4 heterocycles. The Morgan fingerprint density at radius 3 is 2.97 bits per heavy atom. The maximum Gasteiger partial charge on any atom is 0.246 e. The molecule has 1 atom stereocenters. The number of fused-ring (bicyclic) bond motifs is 1. The highest BCUT2D eigenvalue weighted by Crippen LogP contribution is 2.32. The Kier molecular flexibility index (Phi) is 5.27. The number of hydrogen-bond donors (Lipinski definition) is 1. The minimum atomic E-state index is -0.0523. The summed E-state index contributed by atoms with van der Waals surface area (Å²) in [7, 11) is 0. The SMILES string of the molecule is C=CC(=O)N1CC[C@H]1COc1nc(Nc2ncc(C)s2)cc2c1ccn2C(C)C. The molecule has 1 amide bonds. The van der Waals surface area contributed by atoms with Gasteiger partial charge < -0.3 is 19.5 Å². The van der Waals surface area contributed by atoms with Gasteiger partial charge in [0.2, 0.25) is 11.8 Å². The van der Waals surface area contributed by atoms with E-state index in [1.54, 1.807) is 16.2 Å². The lowest BCUT2D eigenvalue weighted by atomic mass is 10.0. The molecule has 0 saturated carbocycles. The van der Waals surface area contributed by atoms with E-state index in [1.165, 1.54) is 6.08 Å². The van der Waals surface area contributed by atoms with Crippen LogP contribution in [-0.2, 0) is 4.79 Å². The van der Waals surface area contributed by atoms with Gasteiger partial charge >= 0.3 is 0 Å². The fourth-order valence-electron chi connectivity index (χ4n) is 3.47. The number of nitrogens with one attached hydrogen (secondary N) is 1. The number of anilines is 2. The van der Waals surface area contributed by atoms with Gasteiger partial charge in [0.1, 0.15) is 12.4 Å². The number of thiazole rings is 1. The van der Waals surface area contributed by atoms with Gasteiger partial charge in [-0.25, -0.2) is 4.98 Å². The van der Waals surface area contributed by atoms with Gasteiger partial charge in [-0.3, -0.25) is 4.79 Å². The summed E-state index contributed by atoms with van der Waals surface area (Å²) in [5.41, 5.74) is 1.05. The molecule has 1 saturated heterocycles. The molecule has 7 nitrogen and oxygen atoms in total. The molecule has 0 aromatic carbocycles. The summed E-state index contributed by atoms with van der Waals surface area (Å²) in [5, 5.41) is 5.04. The Labute approximate surface area is 174 Å². The van der Waals surface area contributed by atoms with Crippen molar-refractivity contribution >= 4 is 39.1 Å². The van der Waals surface area contributed by atoms with Gasteiger partial charge in [0.05, 0.1) is 16.9 Å². The molecule has 0 spiro atoms. The van der Waals surface area contributed by atoms with Crippen molar-refractivity contribution in [3.05, 3.63) is 42.1 Å². The number of rotatable bonds is 7. The predicted molar refractivity (Wildman–Crippen MR) is 116 cm³/mol. The molecule has 0 bridgehead atoms. The Morgan fingerprint density at radius 1 is 1.52 bits per heavy atom. The molecule has 0 aliphatic carbocycles. The highest BCUT2D eigenvalue weighted by molar-refractivity contribution is 7.15. The van der Waals surface area contributed by atoms with E-state index in [2.05, 4.69) is 41.5 Å². The molecule has 8 heteroatoms. The summed E-state index contributed by atoms with van der Waals surface area (Å²) in [6.07, 6.45) is 6.16. The Bertz CT molecular complexity index is 1050. The number of amides is 1. The molecular formula is C21H25N5O2S. The minimum absolute atomic E-state index is 0.0523. The number of ether oxygens (including phenoxy) is 1. The van der Waals surface area contributed by atoms with Crippen LogP contribution in [0.2, 0.25) is 0 Å². The lowest BCUT2D eigenvalue weighted by molar-refractivity contribution is -0.134. The number of nitrogens with zero attached hydrogens (tertiary/aromatic N) is 4. The molecule has 3 aromatic rings. The molecular weight excluding hydrogens is 386 g/mol. The Hall–Kier alpha value is -2.87. The van der Waals surface area contributed by atoms with E-state index in [-0.39, 0.29) is 11.9 Å². The third kappa shape index (κ3) is 3.85. The maximum absolute atomic E-state index is 11.9. The van der Waals surface area contributed by atoms with Crippen LogP contribution in [0, 0.1) is 6.92 Å². The van der Waals surface area contributed by atoms with Crippen molar-refractivity contribution in [2.45, 2.75) is 39.3 Å². The topological polar surface area (TPSA) is 72.3 Å². The van der Waals surface area contributed by atoms with Crippen LogP contribution >= 0.6 is 11.3 Å². The molecule has 0 radical (unpaired) electrons. The second-order valence-corrected chi connectivity index (χ2v) is 8.69. The summed E-state index contributed by atoms with van der Waals surface area (Å²) < 4.78 is 8.31. The standard InChI is InChI=1S/C21H25N5O2S/c1-5-19(27)26-8-6-15(26)12-28-20-16-7-9-25(13(2)3)17(16)10-18(23-20)24-21-22-11-14(4)29-21/h5,7,9-11,13,15H,1,6,8,12H2,2-4H3,(H,22,23,24)/t15-/m0/s1. The summed E-state index contributed by atoms with van der Waals surface area (Å²) in [4.78, 5) is 23.9. The van der Waals surface area contributed by atoms with E-state index in [0.717, 1.165) is 33.9 Å². The average molecular weight is 412 g/mol. The van der Waals surface area contributed by atoms with Crippen molar-refractivity contribution in [3.63, 3.8) is 0 Å². The number of carbonyl (C=O) groups excluding carboxylic acids is 1. The van der Waals surface area contributed by atoms with E-state index in [4.69, 9.17) is 9.72 Å². The second kappa shape index (κ2) is 7.87. The van der Waals surface area contributed by atoms with Crippen LogP contribution in [-0.4, -0.2) is 44.5 Å². The van der Waals surface area contributed by atoms with Crippen molar-refractivity contribution in [1.29, 1.82) is 0 Å². The van der Waals surface area contributed by atoms with Crippen LogP contribution in [0.1, 0.15) is 31.2 Å². The molecule has 4 rings (SSSR count). The van der Waals surface area contributed by atoms with Gasteiger partial charge in [-0.1, -0.05) is 6.58 Å². The van der Waals surface area contributed by atoms with Crippen LogP contribution in [0.3, 0.4) is 0 Å². The number of carbonyl (C=O) groups is 1. The van der Waals surface area contributed by atoms with Gasteiger partial charge in [0.15, 0.2) is 5.13 Å². The zero-order valence-electron chi connectivity index (χ0n) is 16.9. The van der Waals surface area contributed by atoms with Crippen LogP contribution in [0.15, 0.2) is 37.2 Å². The monoisotopic (exact) mass is 411 g/mol. The number of aryl methyl sites for hydroxylation is 1. The molecule has 1 N–H and O–H groups in total. The Morgan fingerprint density at radius 2 is 2.34 bits per heavy atom. The smallest absolute Gasteiger partial charge is 0.246 e. The summed E-state index contributed by atoms with van der Waals surface area (Å²) in [5.74, 6) is 1.20. The van der Waals surface area contributed by atoms with Gasteiger partial charge in [-0.15, -0.1) is 11.3 Å². The minimum Gasteiger partial charge on any atom is -0.475 e. The van der Waals surface area contributed by atoms with Crippen molar-refractivity contribution in [2.75, 3.05) is 18.5 Å². The van der Waals surface area contributed by atoms with Crippen molar-refractivity contribution < 1.29 is 9.53 Å². The summed E-state index contributed by atoms with van der Waals surface area (Å²) in [6, 6.07) is 4.42. The number of pyridine rings is 1. The molecule has 152 valence electrons. The van der Waals surface area contributed by atoms with Gasteiger partial charge in [-0.05, 0) is 39.3 Å². The summed E-state index contributed by atoms with van der Waals surface area (Å²) in [6.45, 7) is 11.0. The lowest BCUT2D eigenvalue weighted by Gasteiger charge is -2.39. The van der Waals surface area contributed by atoms with Gasteiger partial charge in [0.25, 0.3) is 0 Å². The maximum atomic E-state index is 11.9. The molecule has 1 aliphatic rings. The normalized spacial score (nSPS) is 16.1. The predicted octanol–water partition coefficient (Wildman–Crippen LogP) is 4.29. The highest BCUT2D eigenvalue weighted by atomic mass is 32.1. The first-order valence-electron chi connectivity index (χ1n) is 9.73. The van der Waals surface area contributed by atoms with E-state index in [1.807, 2.05) is 25.3 Å². The van der Waals surface area contributed by atoms with Gasteiger partial charge in [-0.2, -0.15) is 4.98 Å². The van der Waals surface area contributed by atoms with Crippen LogP contribution in [0.25, 0.3) is 10.9 Å². The summed E-state index contributed by atoms with van der Waals surface area (Å²) >= 11 is 1.58. The van der Waals surface area contributed by atoms with E-state index >= 15 is 0 Å². The molecule has 1 fully saturated rings. The molecule has 1 aliphatic heterocycles. The molecule has 0 unspecified atom stereocenters. The van der Waals surface area contributed by atoms with Crippen molar-refractivity contribution in [2.24, 2.45) is 0 Å². The zero-order chi connectivity index (χ0) is 20.5. The first kappa shape index (κ1) is 19.4. The Balaban J connectivity index is 1.62. The molecule has 29 heavy (non-hydrogen) atoms. The number of likely N-dealkylation sites (tertiary alicyclic amines) is 1. The largest absolute Gasteiger partial charge is 0.475 e. The van der Waals surface area contributed by atoms with Crippen molar-refractivity contribution in [3.8, 4) is 5.88 Å². The first-order valence-corrected chi connectivity index (χ1v) is 10.5. The van der Waals surface area contributed by atoms with E-state index in [9.17, 15) is 4.79 Å². The fraction of sp³-hybridized carbons (Fsp3) is 0.381. The van der Waals surface area contributed by atoms with E-state index < -0.39 is 0 Å². The second-order valence-electron chi connectivity index (χ2n) is 7.45. The average Bonchev–Trinajstić information content (AvgIpc) is 3.26. The lowest BCUT2D eigenvalue weighted by Crippen LogP contribution is -2.53. The van der Waals surface area contributed by atoms with Crippen LogP contribution in [0.4, 0.5) is 10.9 Å².